The highest BCUT2D eigenvalue weighted by Crippen LogP contribution is 2.50. The van der Waals surface area contributed by atoms with Crippen molar-refractivity contribution in [3.05, 3.63) is 24.3 Å². The van der Waals surface area contributed by atoms with Crippen molar-refractivity contribution in [2.45, 2.75) is 12.8 Å². The molecular weight excluding hydrogens is 308 g/mol. The average Bonchev–Trinajstić information content (AvgIpc) is 3.29. The molecule has 0 aromatic rings. The lowest BCUT2D eigenvalue weighted by Crippen LogP contribution is -2.35. The van der Waals surface area contributed by atoms with Gasteiger partial charge in [-0.3, -0.25) is 0 Å². The lowest BCUT2D eigenvalue weighted by atomic mass is 9.82. The molecule has 4 bridgehead atoms. The van der Waals surface area contributed by atoms with Gasteiger partial charge >= 0.3 is 0 Å². The number of nitrogens with zero attached hydrogens (tertiary/aromatic N) is 2. The Morgan fingerprint density at radius 3 is 1.36 bits per heavy atom. The van der Waals surface area contributed by atoms with E-state index in [1.54, 1.807) is 0 Å². The van der Waals surface area contributed by atoms with Crippen LogP contribution in [0.15, 0.2) is 24.3 Å². The summed E-state index contributed by atoms with van der Waals surface area (Å²) >= 11 is 0. The van der Waals surface area contributed by atoms with Gasteiger partial charge in [-0.25, -0.2) is 0 Å². The molecule has 0 aromatic heterocycles. The van der Waals surface area contributed by atoms with E-state index in [0.717, 1.165) is 60.6 Å². The summed E-state index contributed by atoms with van der Waals surface area (Å²) in [4.78, 5) is 4.72. The normalized spacial score (nSPS) is 44.1. The highest BCUT2D eigenvalue weighted by molar-refractivity contribution is 5.15. The van der Waals surface area contributed by atoms with Crippen LogP contribution in [0.1, 0.15) is 12.8 Å². The highest BCUT2D eigenvalue weighted by atomic mass is 16.5. The van der Waals surface area contributed by atoms with Gasteiger partial charge in [-0.1, -0.05) is 24.3 Å². The van der Waals surface area contributed by atoms with Crippen molar-refractivity contribution >= 4 is 0 Å². The number of hydrogen-bond donors (Lipinski definition) is 0. The molecule has 0 spiro atoms. The van der Waals surface area contributed by atoms with Gasteiger partial charge in [-0.05, 0) is 88.4 Å². The maximum atomic E-state index is 6.43. The molecule has 0 aromatic carbocycles. The molecule has 2 fully saturated rings. The van der Waals surface area contributed by atoms with Crippen LogP contribution >= 0.6 is 0 Å². The van der Waals surface area contributed by atoms with Crippen LogP contribution in [-0.4, -0.2) is 64.3 Å². The third kappa shape index (κ3) is 3.48. The molecular formula is C22H36N2O. The molecule has 4 aliphatic carbocycles. The van der Waals surface area contributed by atoms with Crippen LogP contribution in [0.25, 0.3) is 0 Å². The van der Waals surface area contributed by atoms with Gasteiger partial charge in [0.05, 0.1) is 13.2 Å². The Kier molecular flexibility index (Phi) is 5.09. The lowest BCUT2D eigenvalue weighted by Gasteiger charge is -2.33. The van der Waals surface area contributed by atoms with Crippen LogP contribution < -0.4 is 0 Å². The van der Waals surface area contributed by atoms with E-state index in [2.05, 4.69) is 62.3 Å². The zero-order chi connectivity index (χ0) is 17.6. The van der Waals surface area contributed by atoms with E-state index in [0.29, 0.717) is 0 Å². The van der Waals surface area contributed by atoms with Gasteiger partial charge in [0, 0.05) is 13.1 Å². The van der Waals surface area contributed by atoms with Gasteiger partial charge in [0.15, 0.2) is 0 Å². The Balaban J connectivity index is 1.32. The number of hydrogen-bond acceptors (Lipinski definition) is 3. The van der Waals surface area contributed by atoms with Crippen LogP contribution in [0.2, 0.25) is 0 Å². The van der Waals surface area contributed by atoms with Crippen molar-refractivity contribution < 1.29 is 4.74 Å². The molecule has 140 valence electrons. The van der Waals surface area contributed by atoms with Gasteiger partial charge in [-0.15, -0.1) is 0 Å². The molecule has 25 heavy (non-hydrogen) atoms. The smallest absolute Gasteiger partial charge is 0.0503 e. The Morgan fingerprint density at radius 1 is 0.640 bits per heavy atom. The second-order valence-corrected chi connectivity index (χ2v) is 9.61. The van der Waals surface area contributed by atoms with Crippen LogP contribution in [0, 0.1) is 47.3 Å². The number of allylic oxidation sites excluding steroid dienone is 4. The van der Waals surface area contributed by atoms with Crippen LogP contribution in [0.5, 0.6) is 0 Å². The Bertz CT molecular complexity index is 480. The molecule has 0 saturated heterocycles. The summed E-state index contributed by atoms with van der Waals surface area (Å²) in [5, 5.41) is 0. The first-order chi connectivity index (χ1) is 12.0. The molecule has 0 aliphatic heterocycles. The second kappa shape index (κ2) is 7.17. The monoisotopic (exact) mass is 344 g/mol. The largest absolute Gasteiger partial charge is 0.381 e. The molecule has 8 atom stereocenters. The van der Waals surface area contributed by atoms with Gasteiger partial charge in [0.1, 0.15) is 0 Å². The predicted molar refractivity (Wildman–Crippen MR) is 103 cm³/mol. The van der Waals surface area contributed by atoms with Crippen molar-refractivity contribution in [3.8, 4) is 0 Å². The van der Waals surface area contributed by atoms with Crippen molar-refractivity contribution in [1.29, 1.82) is 0 Å². The fourth-order valence-corrected chi connectivity index (χ4v) is 6.27. The predicted octanol–water partition coefficient (Wildman–Crippen LogP) is 3.00. The molecule has 3 heteroatoms. The average molecular weight is 345 g/mol. The molecule has 0 N–H and O–H groups in total. The topological polar surface area (TPSA) is 15.7 Å². The van der Waals surface area contributed by atoms with E-state index in [-0.39, 0.29) is 0 Å². The van der Waals surface area contributed by atoms with Crippen molar-refractivity contribution in [1.82, 2.24) is 9.80 Å². The van der Waals surface area contributed by atoms with Gasteiger partial charge < -0.3 is 14.5 Å². The third-order valence-corrected chi connectivity index (χ3v) is 7.37. The summed E-state index contributed by atoms with van der Waals surface area (Å²) in [7, 11) is 8.84. The first-order valence-electron chi connectivity index (χ1n) is 10.3. The number of fused-ring (bicyclic) bond motifs is 4. The molecule has 0 radical (unpaired) electrons. The SMILES string of the molecule is CN(C)C[C@@H]1[C@H](COC[C@@H]2[C@H](CN(C)C)[C@H]3C=C[C@H]2C3)[C@H]2C=C[C@H]1C2. The van der Waals surface area contributed by atoms with E-state index in [9.17, 15) is 0 Å². The highest BCUT2D eigenvalue weighted by Gasteiger charge is 2.46. The summed E-state index contributed by atoms with van der Waals surface area (Å²) in [6.45, 7) is 4.35. The fraction of sp³-hybridized carbons (Fsp3) is 0.818. The zero-order valence-electron chi connectivity index (χ0n) is 16.5. The summed E-state index contributed by atoms with van der Waals surface area (Å²) in [5.41, 5.74) is 0. The molecule has 4 aliphatic rings. The number of rotatable bonds is 8. The number of ether oxygens (including phenoxy) is 1. The molecule has 3 nitrogen and oxygen atoms in total. The van der Waals surface area contributed by atoms with Gasteiger partial charge in [0.2, 0.25) is 0 Å². The van der Waals surface area contributed by atoms with Crippen molar-refractivity contribution in [2.75, 3.05) is 54.5 Å². The van der Waals surface area contributed by atoms with Crippen molar-refractivity contribution in [3.63, 3.8) is 0 Å². The van der Waals surface area contributed by atoms with Gasteiger partial charge in [-0.2, -0.15) is 0 Å². The van der Waals surface area contributed by atoms with Gasteiger partial charge in [0.25, 0.3) is 0 Å². The second-order valence-electron chi connectivity index (χ2n) is 9.61. The first kappa shape index (κ1) is 17.8. The summed E-state index contributed by atoms with van der Waals surface area (Å²) in [6, 6.07) is 0. The fourth-order valence-electron chi connectivity index (χ4n) is 6.27. The van der Waals surface area contributed by atoms with Crippen LogP contribution in [-0.2, 0) is 4.74 Å². The van der Waals surface area contributed by atoms with Crippen LogP contribution in [0.3, 0.4) is 0 Å². The Morgan fingerprint density at radius 2 is 1.00 bits per heavy atom. The van der Waals surface area contributed by atoms with Crippen LogP contribution in [0.4, 0.5) is 0 Å². The molecule has 2 saturated carbocycles. The standard InChI is InChI=1S/C22H36N2O/c1-23(2)11-19-15-5-7-17(9-15)21(19)13-25-14-22-18-8-6-16(10-18)20(22)12-24(3)4/h5-8,15-22H,9-14H2,1-4H3/t15-,16-,17-,18-,19-,20+,21+,22-/m0/s1. The minimum Gasteiger partial charge on any atom is -0.381 e. The summed E-state index contributed by atoms with van der Waals surface area (Å²) < 4.78 is 6.43. The maximum absolute atomic E-state index is 6.43. The maximum Gasteiger partial charge on any atom is 0.0503 e. The third-order valence-electron chi connectivity index (χ3n) is 7.37. The van der Waals surface area contributed by atoms with E-state index in [1.807, 2.05) is 0 Å². The Labute approximate surface area is 154 Å². The molecule has 0 heterocycles. The lowest BCUT2D eigenvalue weighted by molar-refractivity contribution is 0.0242. The first-order valence-corrected chi connectivity index (χ1v) is 10.3. The molecule has 0 amide bonds. The summed E-state index contributed by atoms with van der Waals surface area (Å²) in [5.74, 6) is 6.20. The minimum atomic E-state index is 0.735. The quantitative estimate of drug-likeness (QED) is 0.630. The van der Waals surface area contributed by atoms with E-state index in [1.165, 1.54) is 25.9 Å². The van der Waals surface area contributed by atoms with E-state index >= 15 is 0 Å². The summed E-state index contributed by atoms with van der Waals surface area (Å²) in [6.07, 6.45) is 12.6. The minimum absolute atomic E-state index is 0.735. The Hall–Kier alpha value is -0.640. The molecule has 0 unspecified atom stereocenters. The van der Waals surface area contributed by atoms with Crippen molar-refractivity contribution in [2.24, 2.45) is 47.3 Å². The zero-order valence-corrected chi connectivity index (χ0v) is 16.5. The van der Waals surface area contributed by atoms with E-state index in [4.69, 9.17) is 4.74 Å². The van der Waals surface area contributed by atoms with E-state index < -0.39 is 0 Å². The molecule has 4 rings (SSSR count).